The summed E-state index contributed by atoms with van der Waals surface area (Å²) < 4.78 is 17.4. The van der Waals surface area contributed by atoms with E-state index in [1.165, 1.54) is 12.8 Å². The number of aliphatic hydroxyl groups excluding tert-OH is 1. The van der Waals surface area contributed by atoms with Crippen molar-refractivity contribution in [1.29, 1.82) is 0 Å². The number of hydrogen-bond acceptors (Lipinski definition) is 5. The molecule has 0 radical (unpaired) electrons. The second kappa shape index (κ2) is 8.29. The SMILES string of the molecule is COc1cc(-c2c(CC(C)O)oc(=O)c3ccccc23)ccc1OC1CCCC1. The van der Waals surface area contributed by atoms with Crippen LogP contribution in [0.4, 0.5) is 0 Å². The molecular formula is C24H26O5. The Labute approximate surface area is 169 Å². The zero-order valence-corrected chi connectivity index (χ0v) is 16.8. The Hall–Kier alpha value is -2.79. The zero-order valence-electron chi connectivity index (χ0n) is 16.8. The van der Waals surface area contributed by atoms with Gasteiger partial charge in [0.25, 0.3) is 0 Å². The van der Waals surface area contributed by atoms with Crippen molar-refractivity contribution in [2.45, 2.75) is 51.2 Å². The molecule has 1 heterocycles. The van der Waals surface area contributed by atoms with E-state index in [1.807, 2.05) is 36.4 Å². The Morgan fingerprint density at radius 2 is 1.83 bits per heavy atom. The fourth-order valence-corrected chi connectivity index (χ4v) is 4.08. The molecule has 1 unspecified atom stereocenters. The number of ether oxygens (including phenoxy) is 2. The highest BCUT2D eigenvalue weighted by Gasteiger charge is 2.21. The second-order valence-electron chi connectivity index (χ2n) is 7.68. The van der Waals surface area contributed by atoms with Crippen LogP contribution in [0.2, 0.25) is 0 Å². The molecule has 3 aromatic rings. The average molecular weight is 394 g/mol. The van der Waals surface area contributed by atoms with Crippen molar-refractivity contribution in [2.24, 2.45) is 0 Å². The van der Waals surface area contributed by atoms with Crippen LogP contribution in [0.5, 0.6) is 11.5 Å². The Morgan fingerprint density at radius 3 is 2.52 bits per heavy atom. The molecule has 5 nitrogen and oxygen atoms in total. The normalized spacial score (nSPS) is 15.6. The maximum absolute atomic E-state index is 12.4. The van der Waals surface area contributed by atoms with Gasteiger partial charge in [-0.15, -0.1) is 0 Å². The minimum Gasteiger partial charge on any atom is -0.493 e. The van der Waals surface area contributed by atoms with Crippen molar-refractivity contribution in [3.63, 3.8) is 0 Å². The number of rotatable bonds is 6. The quantitative estimate of drug-likeness (QED) is 0.656. The summed E-state index contributed by atoms with van der Waals surface area (Å²) in [7, 11) is 1.63. The third-order valence-electron chi connectivity index (χ3n) is 5.44. The first-order valence-electron chi connectivity index (χ1n) is 10.1. The number of hydrogen-bond donors (Lipinski definition) is 1. The van der Waals surface area contributed by atoms with Crippen molar-refractivity contribution in [2.75, 3.05) is 7.11 Å². The maximum atomic E-state index is 12.4. The molecule has 152 valence electrons. The standard InChI is InChI=1S/C24H26O5/c1-15(25)13-22-23(18-9-5-6-10-19(18)24(26)29-22)16-11-12-20(21(14-16)27-2)28-17-7-3-4-8-17/h5-6,9-12,14-15,17,25H,3-4,7-8,13H2,1-2H3. The smallest absolute Gasteiger partial charge is 0.343 e. The molecule has 0 spiro atoms. The summed E-state index contributed by atoms with van der Waals surface area (Å²) in [5, 5.41) is 11.3. The van der Waals surface area contributed by atoms with Crippen LogP contribution in [-0.4, -0.2) is 24.4 Å². The van der Waals surface area contributed by atoms with E-state index in [1.54, 1.807) is 20.1 Å². The lowest BCUT2D eigenvalue weighted by Gasteiger charge is -2.18. The molecule has 5 heteroatoms. The summed E-state index contributed by atoms with van der Waals surface area (Å²) in [5.41, 5.74) is 1.26. The highest BCUT2D eigenvalue weighted by Crippen LogP contribution is 2.38. The molecule has 1 atom stereocenters. The first kappa shape index (κ1) is 19.5. The van der Waals surface area contributed by atoms with Gasteiger partial charge >= 0.3 is 5.63 Å². The molecule has 29 heavy (non-hydrogen) atoms. The van der Waals surface area contributed by atoms with Gasteiger partial charge < -0.3 is 19.0 Å². The van der Waals surface area contributed by atoms with E-state index in [0.717, 1.165) is 35.1 Å². The van der Waals surface area contributed by atoms with Crippen molar-refractivity contribution in [3.05, 3.63) is 58.6 Å². The molecule has 0 bridgehead atoms. The maximum Gasteiger partial charge on any atom is 0.343 e. The first-order chi connectivity index (χ1) is 14.1. The molecular weight excluding hydrogens is 368 g/mol. The highest BCUT2D eigenvalue weighted by atomic mass is 16.5. The van der Waals surface area contributed by atoms with Crippen molar-refractivity contribution >= 4 is 10.8 Å². The monoisotopic (exact) mass is 394 g/mol. The first-order valence-corrected chi connectivity index (χ1v) is 10.1. The predicted octanol–water partition coefficient (Wildman–Crippen LogP) is 4.71. The lowest BCUT2D eigenvalue weighted by molar-refractivity contribution is 0.186. The summed E-state index contributed by atoms with van der Waals surface area (Å²) in [4.78, 5) is 12.4. The molecule has 1 fully saturated rings. The van der Waals surface area contributed by atoms with Gasteiger partial charge in [-0.05, 0) is 56.4 Å². The molecule has 0 saturated heterocycles. The van der Waals surface area contributed by atoms with Gasteiger partial charge in [0.2, 0.25) is 0 Å². The highest BCUT2D eigenvalue weighted by molar-refractivity contribution is 5.97. The lowest BCUT2D eigenvalue weighted by atomic mass is 9.96. The Morgan fingerprint density at radius 1 is 1.10 bits per heavy atom. The van der Waals surface area contributed by atoms with Gasteiger partial charge in [-0.1, -0.05) is 24.3 Å². The topological polar surface area (TPSA) is 68.9 Å². The van der Waals surface area contributed by atoms with Crippen LogP contribution >= 0.6 is 0 Å². The number of methoxy groups -OCH3 is 1. The third kappa shape index (κ3) is 4.01. The molecule has 1 saturated carbocycles. The summed E-state index contributed by atoms with van der Waals surface area (Å²) in [5.74, 6) is 1.84. The molecule has 1 aromatic heterocycles. The molecule has 2 aromatic carbocycles. The molecule has 0 amide bonds. The second-order valence-corrected chi connectivity index (χ2v) is 7.68. The number of aliphatic hydroxyl groups is 1. The summed E-state index contributed by atoms with van der Waals surface area (Å²) in [6.07, 6.45) is 4.38. The van der Waals surface area contributed by atoms with Crippen LogP contribution in [0.1, 0.15) is 38.4 Å². The minimum absolute atomic E-state index is 0.233. The van der Waals surface area contributed by atoms with Gasteiger partial charge in [0.15, 0.2) is 11.5 Å². The Kier molecular flexibility index (Phi) is 5.58. The molecule has 1 aliphatic carbocycles. The van der Waals surface area contributed by atoms with E-state index in [-0.39, 0.29) is 12.5 Å². The predicted molar refractivity (Wildman–Crippen MR) is 113 cm³/mol. The van der Waals surface area contributed by atoms with Gasteiger partial charge in [-0.2, -0.15) is 0 Å². The van der Waals surface area contributed by atoms with Crippen LogP contribution < -0.4 is 15.1 Å². The third-order valence-corrected chi connectivity index (χ3v) is 5.44. The van der Waals surface area contributed by atoms with Crippen molar-refractivity contribution < 1.29 is 19.0 Å². The fourth-order valence-electron chi connectivity index (χ4n) is 4.08. The van der Waals surface area contributed by atoms with Crippen molar-refractivity contribution in [1.82, 2.24) is 0 Å². The summed E-state index contributed by atoms with van der Waals surface area (Å²) >= 11 is 0. The minimum atomic E-state index is -0.634. The van der Waals surface area contributed by atoms with E-state index in [2.05, 4.69) is 0 Å². The van der Waals surface area contributed by atoms with Gasteiger partial charge in [0.05, 0.1) is 24.7 Å². The van der Waals surface area contributed by atoms with Crippen LogP contribution in [0.15, 0.2) is 51.7 Å². The average Bonchev–Trinajstić information content (AvgIpc) is 3.21. The van der Waals surface area contributed by atoms with Crippen LogP contribution in [0, 0.1) is 0 Å². The van der Waals surface area contributed by atoms with E-state index < -0.39 is 11.7 Å². The fraction of sp³-hybridized carbons (Fsp3) is 0.375. The van der Waals surface area contributed by atoms with Crippen LogP contribution in [0.25, 0.3) is 21.9 Å². The van der Waals surface area contributed by atoms with E-state index in [4.69, 9.17) is 13.9 Å². The van der Waals surface area contributed by atoms with E-state index in [9.17, 15) is 9.90 Å². The number of fused-ring (bicyclic) bond motifs is 1. The van der Waals surface area contributed by atoms with Crippen LogP contribution in [-0.2, 0) is 6.42 Å². The van der Waals surface area contributed by atoms with E-state index >= 15 is 0 Å². The molecule has 0 aliphatic heterocycles. The molecule has 1 N–H and O–H groups in total. The molecule has 4 rings (SSSR count). The number of benzene rings is 2. The zero-order chi connectivity index (χ0) is 20.4. The van der Waals surface area contributed by atoms with Crippen molar-refractivity contribution in [3.8, 4) is 22.6 Å². The molecule has 1 aliphatic rings. The summed E-state index contributed by atoms with van der Waals surface area (Å²) in [6.45, 7) is 1.68. The van der Waals surface area contributed by atoms with Gasteiger partial charge in [0, 0.05) is 17.4 Å². The van der Waals surface area contributed by atoms with Crippen LogP contribution in [0.3, 0.4) is 0 Å². The largest absolute Gasteiger partial charge is 0.493 e. The summed E-state index contributed by atoms with van der Waals surface area (Å²) in [6, 6.07) is 13.2. The Balaban J connectivity index is 1.84. The van der Waals surface area contributed by atoms with Gasteiger partial charge in [0.1, 0.15) is 5.76 Å². The van der Waals surface area contributed by atoms with Gasteiger partial charge in [-0.25, -0.2) is 4.79 Å². The Bertz CT molecular complexity index is 1060. The lowest BCUT2D eigenvalue weighted by Crippen LogP contribution is -2.12. The van der Waals surface area contributed by atoms with Gasteiger partial charge in [-0.3, -0.25) is 0 Å². The van der Waals surface area contributed by atoms with E-state index in [0.29, 0.717) is 16.9 Å².